The normalized spacial score (nSPS) is 19.4. The molecule has 1 heterocycles. The van der Waals surface area contributed by atoms with E-state index in [9.17, 15) is 0 Å². The zero-order valence-corrected chi connectivity index (χ0v) is 14.1. The van der Waals surface area contributed by atoms with E-state index in [4.69, 9.17) is 4.74 Å². The average Bonchev–Trinajstić information content (AvgIpc) is 2.45. The third kappa shape index (κ3) is 4.21. The molecule has 1 atom stereocenters. The second-order valence-corrected chi connectivity index (χ2v) is 6.40. The van der Waals surface area contributed by atoms with E-state index in [-0.39, 0.29) is 0 Å². The molecule has 0 saturated carbocycles. The molecule has 1 fully saturated rings. The summed E-state index contributed by atoms with van der Waals surface area (Å²) in [7, 11) is 1.74. The van der Waals surface area contributed by atoms with Crippen molar-refractivity contribution in [2.24, 2.45) is 0 Å². The third-order valence-corrected chi connectivity index (χ3v) is 4.45. The van der Waals surface area contributed by atoms with Gasteiger partial charge in [-0.3, -0.25) is 0 Å². The van der Waals surface area contributed by atoms with E-state index in [1.165, 1.54) is 37.1 Å². The number of hydrogen-bond donors (Lipinski definition) is 1. The van der Waals surface area contributed by atoms with Crippen LogP contribution in [0.4, 0.5) is 5.69 Å². The van der Waals surface area contributed by atoms with Gasteiger partial charge in [0.2, 0.25) is 0 Å². The second-order valence-electron chi connectivity index (χ2n) is 5.48. The molecule has 1 unspecified atom stereocenters. The predicted molar refractivity (Wildman–Crippen MR) is 88.4 cm³/mol. The number of rotatable bonds is 6. The molecular weight excluding hydrogens is 316 g/mol. The molecule has 0 amide bonds. The largest absolute Gasteiger partial charge is 0.383 e. The Labute approximate surface area is 130 Å². The highest BCUT2D eigenvalue weighted by molar-refractivity contribution is 9.10. The Morgan fingerprint density at radius 2 is 2.25 bits per heavy atom. The summed E-state index contributed by atoms with van der Waals surface area (Å²) in [6.45, 7) is 6.05. The highest BCUT2D eigenvalue weighted by Gasteiger charge is 2.20. The molecule has 1 aromatic carbocycles. The molecule has 0 bridgehead atoms. The molecule has 1 saturated heterocycles. The van der Waals surface area contributed by atoms with Gasteiger partial charge < -0.3 is 15.0 Å². The van der Waals surface area contributed by atoms with Crippen molar-refractivity contribution in [1.29, 1.82) is 0 Å². The maximum Gasteiger partial charge on any atom is 0.0587 e. The Balaban J connectivity index is 2.10. The van der Waals surface area contributed by atoms with Crippen molar-refractivity contribution in [2.45, 2.75) is 38.8 Å². The van der Waals surface area contributed by atoms with Crippen molar-refractivity contribution >= 4 is 21.6 Å². The van der Waals surface area contributed by atoms with Gasteiger partial charge in [-0.2, -0.15) is 0 Å². The van der Waals surface area contributed by atoms with Crippen LogP contribution < -0.4 is 10.2 Å². The van der Waals surface area contributed by atoms with E-state index in [1.807, 2.05) is 0 Å². The van der Waals surface area contributed by atoms with Gasteiger partial charge in [-0.25, -0.2) is 0 Å². The van der Waals surface area contributed by atoms with Crippen LogP contribution in [0.15, 0.2) is 22.7 Å². The van der Waals surface area contributed by atoms with Crippen molar-refractivity contribution in [3.8, 4) is 0 Å². The van der Waals surface area contributed by atoms with E-state index < -0.39 is 0 Å². The number of nitrogens with one attached hydrogen (secondary N) is 1. The highest BCUT2D eigenvalue weighted by atomic mass is 79.9. The topological polar surface area (TPSA) is 24.5 Å². The van der Waals surface area contributed by atoms with Gasteiger partial charge in [0.25, 0.3) is 0 Å². The summed E-state index contributed by atoms with van der Waals surface area (Å²) in [4.78, 5) is 2.56. The summed E-state index contributed by atoms with van der Waals surface area (Å²) in [5, 5.41) is 3.45. The van der Waals surface area contributed by atoms with Crippen LogP contribution in [0.2, 0.25) is 0 Å². The second kappa shape index (κ2) is 8.01. The molecule has 0 radical (unpaired) electrons. The van der Waals surface area contributed by atoms with Gasteiger partial charge in [-0.05, 0) is 43.9 Å². The van der Waals surface area contributed by atoms with Crippen LogP contribution in [-0.4, -0.2) is 32.8 Å². The Morgan fingerprint density at radius 1 is 1.40 bits per heavy atom. The first-order valence-electron chi connectivity index (χ1n) is 7.47. The number of piperidine rings is 1. The van der Waals surface area contributed by atoms with Crippen molar-refractivity contribution in [1.82, 2.24) is 5.32 Å². The van der Waals surface area contributed by atoms with E-state index in [1.54, 1.807) is 7.11 Å². The highest BCUT2D eigenvalue weighted by Crippen LogP contribution is 2.30. The van der Waals surface area contributed by atoms with E-state index in [0.717, 1.165) is 24.2 Å². The minimum absolute atomic E-state index is 0.635. The lowest BCUT2D eigenvalue weighted by Crippen LogP contribution is -2.38. The zero-order chi connectivity index (χ0) is 14.4. The number of nitrogens with zero attached hydrogens (tertiary/aromatic N) is 1. The van der Waals surface area contributed by atoms with Crippen molar-refractivity contribution in [3.63, 3.8) is 0 Å². The molecule has 1 aromatic rings. The first-order valence-corrected chi connectivity index (χ1v) is 8.26. The van der Waals surface area contributed by atoms with Gasteiger partial charge in [-0.15, -0.1) is 0 Å². The first kappa shape index (κ1) is 15.8. The van der Waals surface area contributed by atoms with Gasteiger partial charge in [0.1, 0.15) is 0 Å². The quantitative estimate of drug-likeness (QED) is 0.801. The molecule has 112 valence electrons. The number of halogens is 1. The van der Waals surface area contributed by atoms with Crippen LogP contribution in [0.3, 0.4) is 0 Å². The Morgan fingerprint density at radius 3 is 3.00 bits per heavy atom. The smallest absolute Gasteiger partial charge is 0.0587 e. The standard InChI is InChI=1S/C16H25BrN2O/c1-13-5-3-4-9-19(13)16-11-15(17)7-6-14(16)12-18-8-10-20-2/h6-7,11,13,18H,3-5,8-10,12H2,1-2H3. The molecule has 3 nitrogen and oxygen atoms in total. The number of anilines is 1. The lowest BCUT2D eigenvalue weighted by atomic mass is 10.0. The SMILES string of the molecule is COCCNCc1ccc(Br)cc1N1CCCCC1C. The summed E-state index contributed by atoms with van der Waals surface area (Å²) in [5.74, 6) is 0. The van der Waals surface area contributed by atoms with Gasteiger partial charge >= 0.3 is 0 Å². The van der Waals surface area contributed by atoms with Gasteiger partial charge in [0.05, 0.1) is 6.61 Å². The molecule has 1 aliphatic rings. The first-order chi connectivity index (χ1) is 9.72. The van der Waals surface area contributed by atoms with Crippen LogP contribution >= 0.6 is 15.9 Å². The van der Waals surface area contributed by atoms with Gasteiger partial charge in [0, 0.05) is 42.9 Å². The number of benzene rings is 1. The van der Waals surface area contributed by atoms with E-state index >= 15 is 0 Å². The molecule has 1 aliphatic heterocycles. The van der Waals surface area contributed by atoms with Crippen LogP contribution in [-0.2, 0) is 11.3 Å². The van der Waals surface area contributed by atoms with E-state index in [2.05, 4.69) is 51.3 Å². The molecular formula is C16H25BrN2O. The minimum atomic E-state index is 0.635. The number of ether oxygens (including phenoxy) is 1. The Kier molecular flexibility index (Phi) is 6.33. The van der Waals surface area contributed by atoms with Gasteiger partial charge in [0.15, 0.2) is 0 Å². The maximum absolute atomic E-state index is 5.08. The Bertz CT molecular complexity index is 425. The summed E-state index contributed by atoms with van der Waals surface area (Å²) in [6, 6.07) is 7.25. The lowest BCUT2D eigenvalue weighted by Gasteiger charge is -2.37. The van der Waals surface area contributed by atoms with Crippen LogP contribution in [0, 0.1) is 0 Å². The molecule has 0 spiro atoms. The van der Waals surface area contributed by atoms with Crippen molar-refractivity contribution in [2.75, 3.05) is 31.7 Å². The van der Waals surface area contributed by atoms with Crippen LogP contribution in [0.5, 0.6) is 0 Å². The third-order valence-electron chi connectivity index (χ3n) is 3.96. The number of methoxy groups -OCH3 is 1. The minimum Gasteiger partial charge on any atom is -0.383 e. The zero-order valence-electron chi connectivity index (χ0n) is 12.5. The maximum atomic E-state index is 5.08. The monoisotopic (exact) mass is 340 g/mol. The predicted octanol–water partition coefficient (Wildman–Crippen LogP) is 3.56. The molecule has 20 heavy (non-hydrogen) atoms. The van der Waals surface area contributed by atoms with Crippen molar-refractivity contribution in [3.05, 3.63) is 28.2 Å². The van der Waals surface area contributed by atoms with Gasteiger partial charge in [-0.1, -0.05) is 22.0 Å². The molecule has 4 heteroatoms. The summed E-state index contributed by atoms with van der Waals surface area (Å²) in [6.07, 6.45) is 3.95. The fraction of sp³-hybridized carbons (Fsp3) is 0.625. The molecule has 0 aromatic heterocycles. The fourth-order valence-electron chi connectivity index (χ4n) is 2.81. The Hall–Kier alpha value is -0.580. The molecule has 0 aliphatic carbocycles. The summed E-state index contributed by atoms with van der Waals surface area (Å²) in [5.41, 5.74) is 2.74. The number of hydrogen-bond acceptors (Lipinski definition) is 3. The lowest BCUT2D eigenvalue weighted by molar-refractivity contribution is 0.199. The van der Waals surface area contributed by atoms with E-state index in [0.29, 0.717) is 6.04 Å². The average molecular weight is 341 g/mol. The molecule has 2 rings (SSSR count). The summed E-state index contributed by atoms with van der Waals surface area (Å²) >= 11 is 3.61. The van der Waals surface area contributed by atoms with Crippen LogP contribution in [0.1, 0.15) is 31.7 Å². The summed E-state index contributed by atoms with van der Waals surface area (Å²) < 4.78 is 6.24. The van der Waals surface area contributed by atoms with Crippen molar-refractivity contribution < 1.29 is 4.74 Å². The fourth-order valence-corrected chi connectivity index (χ4v) is 3.16. The molecule has 1 N–H and O–H groups in total. The van der Waals surface area contributed by atoms with Crippen LogP contribution in [0.25, 0.3) is 0 Å².